The zero-order valence-electron chi connectivity index (χ0n) is 19.7. The predicted octanol–water partition coefficient (Wildman–Crippen LogP) is 4.94. The van der Waals surface area contributed by atoms with Gasteiger partial charge in [0.1, 0.15) is 5.82 Å². The number of aliphatic imine (C=N–C) groups is 1. The minimum atomic E-state index is -4.84. The van der Waals surface area contributed by atoms with E-state index in [9.17, 15) is 27.2 Å². The third-order valence-corrected chi connectivity index (χ3v) is 5.81. The van der Waals surface area contributed by atoms with E-state index in [1.807, 2.05) is 0 Å². The minimum absolute atomic E-state index is 0.0780. The highest BCUT2D eigenvalue weighted by Gasteiger charge is 2.39. The fourth-order valence-corrected chi connectivity index (χ4v) is 4.24. The first-order valence-electron chi connectivity index (χ1n) is 11.3. The summed E-state index contributed by atoms with van der Waals surface area (Å²) in [7, 11) is 1.27. The molecule has 1 fully saturated rings. The average Bonchev–Trinajstić information content (AvgIpc) is 3.17. The SMILES string of the molecule is CCOC(=O)CC1CCC(N=C(NC(=O)c2cn(C)nc2C(F)(F)F)Nc2cc(F)cc(Cl)c2)CC1. The number of alkyl halides is 3. The number of carbonyl (C=O) groups is 2. The van der Waals surface area contributed by atoms with Crippen LogP contribution < -0.4 is 10.6 Å². The van der Waals surface area contributed by atoms with Gasteiger partial charge < -0.3 is 10.1 Å². The van der Waals surface area contributed by atoms with Crippen molar-refractivity contribution in [3.63, 3.8) is 0 Å². The van der Waals surface area contributed by atoms with Crippen molar-refractivity contribution >= 4 is 35.1 Å². The van der Waals surface area contributed by atoms with E-state index in [2.05, 4.69) is 20.7 Å². The Hall–Kier alpha value is -3.15. The fraction of sp³-hybridized carbons (Fsp3) is 0.478. The van der Waals surface area contributed by atoms with Gasteiger partial charge >= 0.3 is 12.1 Å². The van der Waals surface area contributed by atoms with Crippen LogP contribution in [0, 0.1) is 11.7 Å². The number of halogens is 5. The first-order valence-corrected chi connectivity index (χ1v) is 11.7. The Kier molecular flexibility index (Phi) is 8.93. The van der Waals surface area contributed by atoms with Gasteiger partial charge in [-0.15, -0.1) is 0 Å². The maximum Gasteiger partial charge on any atom is 0.435 e. The highest BCUT2D eigenvalue weighted by Crippen LogP contribution is 2.31. The highest BCUT2D eigenvalue weighted by molar-refractivity contribution is 6.31. The smallest absolute Gasteiger partial charge is 0.435 e. The molecule has 3 rings (SSSR count). The van der Waals surface area contributed by atoms with E-state index < -0.39 is 29.2 Å². The Balaban J connectivity index is 1.80. The maximum absolute atomic E-state index is 13.8. The van der Waals surface area contributed by atoms with Crippen LogP contribution in [-0.4, -0.2) is 40.3 Å². The van der Waals surface area contributed by atoms with Gasteiger partial charge in [0.2, 0.25) is 5.96 Å². The maximum atomic E-state index is 13.8. The number of carbonyl (C=O) groups excluding carboxylic acids is 2. The highest BCUT2D eigenvalue weighted by atomic mass is 35.5. The number of hydrogen-bond donors (Lipinski definition) is 2. The first-order chi connectivity index (χ1) is 16.9. The van der Waals surface area contributed by atoms with Crippen LogP contribution in [0.2, 0.25) is 5.02 Å². The molecule has 1 heterocycles. The number of ether oxygens (including phenoxy) is 1. The van der Waals surface area contributed by atoms with E-state index in [0.29, 0.717) is 38.7 Å². The molecule has 0 aliphatic heterocycles. The molecule has 1 aromatic heterocycles. The van der Waals surface area contributed by atoms with E-state index >= 15 is 0 Å². The zero-order chi connectivity index (χ0) is 26.5. The van der Waals surface area contributed by atoms with Crippen molar-refractivity contribution in [1.29, 1.82) is 0 Å². The number of rotatable bonds is 6. The molecule has 1 amide bonds. The lowest BCUT2D eigenvalue weighted by atomic mass is 9.84. The summed E-state index contributed by atoms with van der Waals surface area (Å²) in [6, 6.07) is 3.28. The topological polar surface area (TPSA) is 97.6 Å². The average molecular weight is 532 g/mol. The van der Waals surface area contributed by atoms with Crippen molar-refractivity contribution in [3.05, 3.63) is 46.5 Å². The van der Waals surface area contributed by atoms with Gasteiger partial charge in [-0.25, -0.2) is 9.38 Å². The normalized spacial score (nSPS) is 18.6. The third-order valence-electron chi connectivity index (χ3n) is 5.59. The van der Waals surface area contributed by atoms with Crippen molar-refractivity contribution in [3.8, 4) is 0 Å². The molecule has 1 aliphatic rings. The molecule has 8 nitrogen and oxygen atoms in total. The lowest BCUT2D eigenvalue weighted by Crippen LogP contribution is -2.38. The van der Waals surface area contributed by atoms with E-state index in [4.69, 9.17) is 16.3 Å². The van der Waals surface area contributed by atoms with Gasteiger partial charge in [0, 0.05) is 30.4 Å². The number of aromatic nitrogens is 2. The summed E-state index contributed by atoms with van der Waals surface area (Å²) in [6.45, 7) is 2.05. The van der Waals surface area contributed by atoms with E-state index in [1.165, 1.54) is 13.1 Å². The van der Waals surface area contributed by atoms with Crippen molar-refractivity contribution in [2.45, 2.75) is 51.2 Å². The standard InChI is InChI=1S/C23H26ClF4N5O3/c1-3-36-19(34)8-13-4-6-16(7-5-13)29-22(30-17-10-14(24)9-15(25)11-17)31-21(35)18-12-33(2)32-20(18)23(26,27)28/h9-13,16H,3-8H2,1-2H3,(H2,29,30,31,35). The molecule has 2 aromatic rings. The Morgan fingerprint density at radius 1 is 1.22 bits per heavy atom. The van der Waals surface area contributed by atoms with Gasteiger partial charge in [-0.2, -0.15) is 18.3 Å². The van der Waals surface area contributed by atoms with Gasteiger partial charge in [0.25, 0.3) is 5.91 Å². The molecule has 0 spiro atoms. The summed E-state index contributed by atoms with van der Waals surface area (Å²) in [6.07, 6.45) is -1.07. The second-order valence-electron chi connectivity index (χ2n) is 8.46. The number of amides is 1. The van der Waals surface area contributed by atoms with E-state index in [-0.39, 0.29) is 34.6 Å². The van der Waals surface area contributed by atoms with E-state index in [0.717, 1.165) is 23.0 Å². The van der Waals surface area contributed by atoms with Gasteiger partial charge in [-0.05, 0) is 56.7 Å². The van der Waals surface area contributed by atoms with Crippen LogP contribution in [0.3, 0.4) is 0 Å². The third kappa shape index (κ3) is 7.67. The van der Waals surface area contributed by atoms with Crippen molar-refractivity contribution < 1.29 is 31.9 Å². The summed E-state index contributed by atoms with van der Waals surface area (Å²) in [5.74, 6) is -2.03. The number of benzene rings is 1. The number of nitrogens with zero attached hydrogens (tertiary/aromatic N) is 3. The second-order valence-corrected chi connectivity index (χ2v) is 8.90. The van der Waals surface area contributed by atoms with Crippen LogP contribution in [0.25, 0.3) is 0 Å². The molecule has 36 heavy (non-hydrogen) atoms. The fourth-order valence-electron chi connectivity index (χ4n) is 4.01. The minimum Gasteiger partial charge on any atom is -0.466 e. The van der Waals surface area contributed by atoms with Gasteiger partial charge in [-0.3, -0.25) is 19.6 Å². The Morgan fingerprint density at radius 2 is 1.92 bits per heavy atom. The van der Waals surface area contributed by atoms with Crippen LogP contribution in [0.15, 0.2) is 29.4 Å². The number of aryl methyl sites for hydroxylation is 1. The van der Waals surface area contributed by atoms with Crippen LogP contribution in [0.1, 0.15) is 55.1 Å². The Labute approximate surface area is 210 Å². The summed E-state index contributed by atoms with van der Waals surface area (Å²) < 4.78 is 59.8. The number of anilines is 1. The molecular formula is C23H26ClF4N5O3. The molecule has 0 bridgehead atoms. The second kappa shape index (κ2) is 11.7. The van der Waals surface area contributed by atoms with Crippen molar-refractivity contribution in [2.75, 3.05) is 11.9 Å². The van der Waals surface area contributed by atoms with Crippen molar-refractivity contribution in [2.24, 2.45) is 18.0 Å². The molecule has 2 N–H and O–H groups in total. The van der Waals surface area contributed by atoms with Gasteiger partial charge in [0.05, 0.1) is 18.2 Å². The van der Waals surface area contributed by atoms with E-state index in [1.54, 1.807) is 6.92 Å². The number of nitrogens with one attached hydrogen (secondary N) is 2. The van der Waals surface area contributed by atoms with Gasteiger partial charge in [0.15, 0.2) is 5.69 Å². The molecule has 0 saturated heterocycles. The summed E-state index contributed by atoms with van der Waals surface area (Å²) in [5.41, 5.74) is -1.87. The molecular weight excluding hydrogens is 506 g/mol. The number of guanidine groups is 1. The molecule has 0 radical (unpaired) electrons. The monoisotopic (exact) mass is 531 g/mol. The van der Waals surface area contributed by atoms with Crippen molar-refractivity contribution in [1.82, 2.24) is 15.1 Å². The number of esters is 1. The summed E-state index contributed by atoms with van der Waals surface area (Å²) in [5, 5.41) is 8.53. The van der Waals surface area contributed by atoms with Crippen LogP contribution in [-0.2, 0) is 22.8 Å². The quantitative estimate of drug-likeness (QED) is 0.238. The van der Waals surface area contributed by atoms with Crippen LogP contribution in [0.5, 0.6) is 0 Å². The Morgan fingerprint density at radius 3 is 2.53 bits per heavy atom. The predicted molar refractivity (Wildman–Crippen MR) is 125 cm³/mol. The molecule has 0 unspecified atom stereocenters. The molecule has 1 aromatic carbocycles. The molecule has 196 valence electrons. The first kappa shape index (κ1) is 27.4. The largest absolute Gasteiger partial charge is 0.466 e. The van der Waals surface area contributed by atoms with Gasteiger partial charge in [-0.1, -0.05) is 11.6 Å². The van der Waals surface area contributed by atoms with Crippen LogP contribution >= 0.6 is 11.6 Å². The van der Waals surface area contributed by atoms with Crippen LogP contribution in [0.4, 0.5) is 23.2 Å². The summed E-state index contributed by atoms with van der Waals surface area (Å²) in [4.78, 5) is 29.0. The zero-order valence-corrected chi connectivity index (χ0v) is 20.4. The summed E-state index contributed by atoms with van der Waals surface area (Å²) >= 11 is 5.90. The molecule has 13 heteroatoms. The molecule has 0 atom stereocenters. The molecule has 1 saturated carbocycles. The molecule has 1 aliphatic carbocycles. The lowest BCUT2D eigenvalue weighted by Gasteiger charge is -2.26. The lowest BCUT2D eigenvalue weighted by molar-refractivity contribution is -0.144. The Bertz CT molecular complexity index is 1110. The number of hydrogen-bond acceptors (Lipinski definition) is 5.